The molecule has 3 aromatic heterocycles. The smallest absolute Gasteiger partial charge is 0.266 e. The van der Waals surface area contributed by atoms with Gasteiger partial charge in [-0.2, -0.15) is 9.61 Å². The molecule has 0 aliphatic carbocycles. The fraction of sp³-hybridized carbons (Fsp3) is 0. The van der Waals surface area contributed by atoms with Crippen LogP contribution in [-0.2, 0) is 0 Å². The van der Waals surface area contributed by atoms with E-state index >= 15 is 0 Å². The zero-order valence-electron chi connectivity index (χ0n) is 11.8. The van der Waals surface area contributed by atoms with E-state index in [1.807, 2.05) is 54.6 Å². The summed E-state index contributed by atoms with van der Waals surface area (Å²) in [4.78, 5) is 19.0. The minimum atomic E-state index is -0.0964. The summed E-state index contributed by atoms with van der Waals surface area (Å²) in [5, 5.41) is 6.90. The summed E-state index contributed by atoms with van der Waals surface area (Å²) in [6.07, 6.45) is 0. The van der Waals surface area contributed by atoms with Crippen LogP contribution in [0, 0.1) is 0 Å². The Balaban J connectivity index is 1.89. The first-order valence-corrected chi connectivity index (χ1v) is 8.71. The molecule has 2 aromatic carbocycles. The van der Waals surface area contributed by atoms with Crippen molar-refractivity contribution in [3.8, 4) is 10.6 Å². The van der Waals surface area contributed by atoms with Crippen LogP contribution in [0.2, 0.25) is 0 Å². The lowest BCUT2D eigenvalue weighted by molar-refractivity contribution is 0.922. The third kappa shape index (κ3) is 1.85. The maximum Gasteiger partial charge on any atom is 0.284 e. The maximum absolute atomic E-state index is 12.9. The van der Waals surface area contributed by atoms with E-state index in [0.29, 0.717) is 10.3 Å². The van der Waals surface area contributed by atoms with Crippen molar-refractivity contribution >= 4 is 47.9 Å². The van der Waals surface area contributed by atoms with Crippen LogP contribution in [0.1, 0.15) is 0 Å². The number of aromatic nitrogens is 3. The number of fused-ring (bicyclic) bond motifs is 4. The summed E-state index contributed by atoms with van der Waals surface area (Å²) in [5.74, 6) is 0. The van der Waals surface area contributed by atoms with E-state index in [4.69, 9.17) is 0 Å². The second-order valence-corrected chi connectivity index (χ2v) is 7.15. The van der Waals surface area contributed by atoms with Crippen molar-refractivity contribution in [3.05, 3.63) is 65.0 Å². The van der Waals surface area contributed by atoms with Gasteiger partial charge in [0.05, 0.1) is 5.39 Å². The van der Waals surface area contributed by atoms with Crippen molar-refractivity contribution < 1.29 is 0 Å². The van der Waals surface area contributed by atoms with Gasteiger partial charge in [-0.25, -0.2) is 4.98 Å². The fourth-order valence-corrected chi connectivity index (χ4v) is 4.71. The Morgan fingerprint density at radius 3 is 2.57 bits per heavy atom. The lowest BCUT2D eigenvalue weighted by atomic mass is 10.2. The molecule has 5 rings (SSSR count). The molecule has 0 aliphatic rings. The third-order valence-electron chi connectivity index (χ3n) is 3.76. The van der Waals surface area contributed by atoms with Crippen LogP contribution >= 0.6 is 22.7 Å². The van der Waals surface area contributed by atoms with Gasteiger partial charge in [-0.1, -0.05) is 59.9 Å². The topological polar surface area (TPSA) is 47.3 Å². The highest BCUT2D eigenvalue weighted by atomic mass is 32.1. The molecular formula is C17H9N3OS2. The SMILES string of the molecule is O=c1c2c(nc3sc(-c4ccccc4)nn13)sc1ccccc12. The predicted octanol–water partition coefficient (Wildman–Crippen LogP) is 4.19. The second kappa shape index (κ2) is 4.71. The molecule has 0 bridgehead atoms. The number of hydrogen-bond donors (Lipinski definition) is 0. The highest BCUT2D eigenvalue weighted by molar-refractivity contribution is 7.25. The first kappa shape index (κ1) is 12.9. The quantitative estimate of drug-likeness (QED) is 0.461. The first-order chi connectivity index (χ1) is 11.3. The number of hydrogen-bond acceptors (Lipinski definition) is 5. The lowest BCUT2D eigenvalue weighted by Crippen LogP contribution is -2.14. The molecule has 3 heterocycles. The Hall–Kier alpha value is -2.57. The van der Waals surface area contributed by atoms with Gasteiger partial charge in [-0.05, 0) is 6.07 Å². The summed E-state index contributed by atoms with van der Waals surface area (Å²) in [6.45, 7) is 0. The van der Waals surface area contributed by atoms with Gasteiger partial charge in [0, 0.05) is 15.6 Å². The molecular weight excluding hydrogens is 326 g/mol. The van der Waals surface area contributed by atoms with Gasteiger partial charge in [-0.15, -0.1) is 11.3 Å². The Kier molecular flexibility index (Phi) is 2.65. The van der Waals surface area contributed by atoms with E-state index in [0.717, 1.165) is 25.5 Å². The fourth-order valence-electron chi connectivity index (χ4n) is 2.69. The lowest BCUT2D eigenvalue weighted by Gasteiger charge is -1.92. The molecule has 4 nitrogen and oxygen atoms in total. The standard InChI is InChI=1S/C17H9N3OS2/c21-16-13-11-8-4-5-9-12(11)22-15(13)18-17-20(16)19-14(23-17)10-6-2-1-3-7-10/h1-9H. The predicted molar refractivity (Wildman–Crippen MR) is 95.5 cm³/mol. The number of benzene rings is 2. The minimum Gasteiger partial charge on any atom is -0.266 e. The molecule has 0 radical (unpaired) electrons. The minimum absolute atomic E-state index is 0.0964. The molecule has 0 atom stereocenters. The van der Waals surface area contributed by atoms with Gasteiger partial charge in [0.1, 0.15) is 9.84 Å². The van der Waals surface area contributed by atoms with Gasteiger partial charge < -0.3 is 0 Å². The van der Waals surface area contributed by atoms with Crippen molar-refractivity contribution in [2.75, 3.05) is 0 Å². The van der Waals surface area contributed by atoms with Crippen LogP contribution in [0.25, 0.3) is 35.8 Å². The normalized spacial score (nSPS) is 11.7. The van der Waals surface area contributed by atoms with Crippen LogP contribution in [0.4, 0.5) is 0 Å². The Labute approximate surface area is 138 Å². The number of nitrogens with zero attached hydrogens (tertiary/aromatic N) is 3. The largest absolute Gasteiger partial charge is 0.284 e. The first-order valence-electron chi connectivity index (χ1n) is 7.08. The van der Waals surface area contributed by atoms with Gasteiger partial charge in [0.25, 0.3) is 5.56 Å². The molecule has 6 heteroatoms. The van der Waals surface area contributed by atoms with Gasteiger partial charge in [0.15, 0.2) is 0 Å². The molecule has 0 N–H and O–H groups in total. The zero-order chi connectivity index (χ0) is 15.4. The Morgan fingerprint density at radius 1 is 0.913 bits per heavy atom. The summed E-state index contributed by atoms with van der Waals surface area (Å²) >= 11 is 2.99. The van der Waals surface area contributed by atoms with Crippen molar-refractivity contribution in [2.45, 2.75) is 0 Å². The van der Waals surface area contributed by atoms with Crippen molar-refractivity contribution in [1.29, 1.82) is 0 Å². The monoisotopic (exact) mass is 335 g/mol. The van der Waals surface area contributed by atoms with Crippen LogP contribution in [-0.4, -0.2) is 14.6 Å². The number of thiophene rings is 1. The van der Waals surface area contributed by atoms with Crippen molar-refractivity contribution in [1.82, 2.24) is 14.6 Å². The van der Waals surface area contributed by atoms with E-state index < -0.39 is 0 Å². The van der Waals surface area contributed by atoms with E-state index in [-0.39, 0.29) is 5.56 Å². The van der Waals surface area contributed by atoms with E-state index in [1.54, 1.807) is 11.3 Å². The number of rotatable bonds is 1. The van der Waals surface area contributed by atoms with Crippen molar-refractivity contribution in [3.63, 3.8) is 0 Å². The molecule has 0 aliphatic heterocycles. The summed E-state index contributed by atoms with van der Waals surface area (Å²) in [6, 6.07) is 17.8. The molecule has 5 aromatic rings. The molecule has 23 heavy (non-hydrogen) atoms. The molecule has 0 saturated carbocycles. The summed E-state index contributed by atoms with van der Waals surface area (Å²) in [7, 11) is 0. The van der Waals surface area contributed by atoms with E-state index in [9.17, 15) is 4.79 Å². The third-order valence-corrected chi connectivity index (χ3v) is 5.78. The summed E-state index contributed by atoms with van der Waals surface area (Å²) < 4.78 is 2.50. The molecule has 0 amide bonds. The average molecular weight is 335 g/mol. The van der Waals surface area contributed by atoms with E-state index in [2.05, 4.69) is 10.1 Å². The summed E-state index contributed by atoms with van der Waals surface area (Å²) in [5.41, 5.74) is 0.900. The van der Waals surface area contributed by atoms with Crippen molar-refractivity contribution in [2.24, 2.45) is 0 Å². The van der Waals surface area contributed by atoms with Gasteiger partial charge >= 0.3 is 0 Å². The van der Waals surface area contributed by atoms with Crippen LogP contribution in [0.5, 0.6) is 0 Å². The zero-order valence-corrected chi connectivity index (χ0v) is 13.4. The average Bonchev–Trinajstić information content (AvgIpc) is 3.17. The molecule has 0 spiro atoms. The second-order valence-electron chi connectivity index (χ2n) is 5.16. The molecule has 110 valence electrons. The van der Waals surface area contributed by atoms with Crippen LogP contribution < -0.4 is 5.56 Å². The van der Waals surface area contributed by atoms with Crippen LogP contribution in [0.15, 0.2) is 59.4 Å². The van der Waals surface area contributed by atoms with Crippen LogP contribution in [0.3, 0.4) is 0 Å². The van der Waals surface area contributed by atoms with E-state index in [1.165, 1.54) is 15.9 Å². The van der Waals surface area contributed by atoms with Gasteiger partial charge in [0.2, 0.25) is 4.96 Å². The highest BCUT2D eigenvalue weighted by Crippen LogP contribution is 2.32. The Bertz CT molecular complexity index is 1230. The maximum atomic E-state index is 12.9. The molecule has 0 saturated heterocycles. The van der Waals surface area contributed by atoms with Gasteiger partial charge in [-0.3, -0.25) is 4.79 Å². The highest BCUT2D eigenvalue weighted by Gasteiger charge is 2.15. The molecule has 0 fully saturated rings. The Morgan fingerprint density at radius 2 is 1.70 bits per heavy atom. The molecule has 0 unspecified atom stereocenters.